The summed E-state index contributed by atoms with van der Waals surface area (Å²) in [6.07, 6.45) is 3.40. The van der Waals surface area contributed by atoms with Gasteiger partial charge in [-0.15, -0.1) is 0 Å². The van der Waals surface area contributed by atoms with Crippen molar-refractivity contribution in [3.63, 3.8) is 0 Å². The molecule has 5 rings (SSSR count). The minimum absolute atomic E-state index is 0.0926. The number of rotatable bonds is 2. The molecular formula is C22H25N5O. The number of aryl methyl sites for hydroxylation is 2. The van der Waals surface area contributed by atoms with Crippen LogP contribution in [0.15, 0.2) is 36.4 Å². The standard InChI is InChI=1S/C22H25N5O/c1-14-20-18(22(28)27-11-10-16-8-9-17(13-27)23-16)12-19(15-6-4-3-5-7-15)24-21(20)26(2)25-14/h3-7,12,16-17,23H,8-11,13H2,1-2H3. The first kappa shape index (κ1) is 17.4. The summed E-state index contributed by atoms with van der Waals surface area (Å²) in [5.74, 6) is 0.0926. The summed E-state index contributed by atoms with van der Waals surface area (Å²) in [6.45, 7) is 3.53. The Kier molecular flexibility index (Phi) is 4.16. The van der Waals surface area contributed by atoms with Crippen LogP contribution in [-0.4, -0.2) is 50.7 Å². The number of aromatic nitrogens is 3. The van der Waals surface area contributed by atoms with E-state index in [9.17, 15) is 4.79 Å². The smallest absolute Gasteiger partial charge is 0.254 e. The fourth-order valence-corrected chi connectivity index (χ4v) is 4.67. The number of pyridine rings is 1. The first-order valence-corrected chi connectivity index (χ1v) is 10.1. The molecule has 6 nitrogen and oxygen atoms in total. The lowest BCUT2D eigenvalue weighted by molar-refractivity contribution is 0.0750. The normalized spacial score (nSPS) is 21.9. The number of hydrogen-bond acceptors (Lipinski definition) is 4. The molecule has 2 unspecified atom stereocenters. The van der Waals surface area contributed by atoms with Gasteiger partial charge in [-0.25, -0.2) is 4.98 Å². The monoisotopic (exact) mass is 375 g/mol. The van der Waals surface area contributed by atoms with Crippen LogP contribution in [0.2, 0.25) is 0 Å². The lowest BCUT2D eigenvalue weighted by Gasteiger charge is -2.25. The molecule has 1 aromatic carbocycles. The van der Waals surface area contributed by atoms with Crippen LogP contribution in [0, 0.1) is 6.92 Å². The predicted octanol–water partition coefficient (Wildman–Crippen LogP) is 2.91. The lowest BCUT2D eigenvalue weighted by atomic mass is 10.0. The Morgan fingerprint density at radius 2 is 1.93 bits per heavy atom. The zero-order chi connectivity index (χ0) is 19.3. The van der Waals surface area contributed by atoms with Gasteiger partial charge in [-0.1, -0.05) is 30.3 Å². The van der Waals surface area contributed by atoms with Crippen molar-refractivity contribution in [3.8, 4) is 11.3 Å². The Balaban J connectivity index is 1.62. The number of fused-ring (bicyclic) bond motifs is 3. The van der Waals surface area contributed by atoms with Gasteiger partial charge in [0, 0.05) is 37.8 Å². The van der Waals surface area contributed by atoms with Crippen molar-refractivity contribution in [2.75, 3.05) is 13.1 Å². The number of benzene rings is 1. The van der Waals surface area contributed by atoms with Crippen LogP contribution >= 0.6 is 0 Å². The average Bonchev–Trinajstić information content (AvgIpc) is 3.19. The Labute approximate surface area is 164 Å². The molecule has 2 aliphatic heterocycles. The number of carbonyl (C=O) groups is 1. The highest BCUT2D eigenvalue weighted by atomic mass is 16.2. The van der Waals surface area contributed by atoms with Gasteiger partial charge in [-0.05, 0) is 32.3 Å². The van der Waals surface area contributed by atoms with Crippen molar-refractivity contribution in [1.29, 1.82) is 0 Å². The minimum atomic E-state index is 0.0926. The predicted molar refractivity (Wildman–Crippen MR) is 109 cm³/mol. The summed E-state index contributed by atoms with van der Waals surface area (Å²) in [5, 5.41) is 9.07. The molecule has 0 radical (unpaired) electrons. The fraction of sp³-hybridized carbons (Fsp3) is 0.409. The molecule has 2 aromatic heterocycles. The number of nitrogens with zero attached hydrogens (tertiary/aromatic N) is 4. The summed E-state index contributed by atoms with van der Waals surface area (Å²) in [5.41, 5.74) is 4.15. The molecule has 144 valence electrons. The summed E-state index contributed by atoms with van der Waals surface area (Å²) >= 11 is 0. The van der Waals surface area contributed by atoms with E-state index in [2.05, 4.69) is 10.4 Å². The largest absolute Gasteiger partial charge is 0.337 e. The quantitative estimate of drug-likeness (QED) is 0.748. The van der Waals surface area contributed by atoms with Gasteiger partial charge >= 0.3 is 0 Å². The molecule has 0 spiro atoms. The van der Waals surface area contributed by atoms with Gasteiger partial charge in [-0.2, -0.15) is 5.10 Å². The van der Waals surface area contributed by atoms with Crippen molar-refractivity contribution >= 4 is 16.9 Å². The topological polar surface area (TPSA) is 63.1 Å². The number of carbonyl (C=O) groups excluding carboxylic acids is 1. The summed E-state index contributed by atoms with van der Waals surface area (Å²) in [7, 11) is 1.89. The average molecular weight is 375 g/mol. The van der Waals surface area contributed by atoms with Gasteiger partial charge in [0.25, 0.3) is 5.91 Å². The van der Waals surface area contributed by atoms with Gasteiger partial charge < -0.3 is 10.2 Å². The molecule has 1 amide bonds. The van der Waals surface area contributed by atoms with Gasteiger partial charge in [-0.3, -0.25) is 9.48 Å². The molecule has 0 saturated carbocycles. The lowest BCUT2D eigenvalue weighted by Crippen LogP contribution is -2.39. The third-order valence-electron chi connectivity index (χ3n) is 6.08. The second-order valence-electron chi connectivity index (χ2n) is 8.01. The second kappa shape index (κ2) is 6.71. The molecule has 2 atom stereocenters. The Morgan fingerprint density at radius 1 is 1.14 bits per heavy atom. The van der Waals surface area contributed by atoms with Crippen LogP contribution in [0.1, 0.15) is 35.3 Å². The van der Waals surface area contributed by atoms with Gasteiger partial charge in [0.15, 0.2) is 5.65 Å². The molecular weight excluding hydrogens is 350 g/mol. The third-order valence-corrected chi connectivity index (χ3v) is 6.08. The van der Waals surface area contributed by atoms with E-state index in [1.807, 2.05) is 55.3 Å². The van der Waals surface area contributed by atoms with Crippen LogP contribution in [0.3, 0.4) is 0 Å². The number of hydrogen-bond donors (Lipinski definition) is 1. The van der Waals surface area contributed by atoms with Crippen molar-refractivity contribution in [3.05, 3.63) is 47.7 Å². The van der Waals surface area contributed by atoms with Crippen molar-refractivity contribution < 1.29 is 4.79 Å². The van der Waals surface area contributed by atoms with E-state index in [0.717, 1.165) is 53.9 Å². The van der Waals surface area contributed by atoms with E-state index >= 15 is 0 Å². The highest BCUT2D eigenvalue weighted by Crippen LogP contribution is 2.29. The molecule has 2 bridgehead atoms. The molecule has 2 aliphatic rings. The number of likely N-dealkylation sites (tertiary alicyclic amines) is 1. The maximum atomic E-state index is 13.6. The first-order valence-electron chi connectivity index (χ1n) is 10.1. The van der Waals surface area contributed by atoms with E-state index in [4.69, 9.17) is 4.98 Å². The van der Waals surface area contributed by atoms with Crippen LogP contribution in [0.4, 0.5) is 0 Å². The maximum Gasteiger partial charge on any atom is 0.254 e. The van der Waals surface area contributed by atoms with Gasteiger partial charge in [0.05, 0.1) is 22.3 Å². The van der Waals surface area contributed by atoms with Crippen LogP contribution < -0.4 is 5.32 Å². The van der Waals surface area contributed by atoms with E-state index in [1.165, 1.54) is 6.42 Å². The second-order valence-corrected chi connectivity index (χ2v) is 8.01. The van der Waals surface area contributed by atoms with Crippen molar-refractivity contribution in [1.82, 2.24) is 25.0 Å². The first-order chi connectivity index (χ1) is 13.6. The van der Waals surface area contributed by atoms with E-state index in [-0.39, 0.29) is 5.91 Å². The molecule has 3 aromatic rings. The Hall–Kier alpha value is -2.73. The van der Waals surface area contributed by atoms with Crippen LogP contribution in [0.25, 0.3) is 22.3 Å². The Morgan fingerprint density at radius 3 is 2.75 bits per heavy atom. The summed E-state index contributed by atoms with van der Waals surface area (Å²) < 4.78 is 1.78. The number of nitrogens with one attached hydrogen (secondary N) is 1. The van der Waals surface area contributed by atoms with Crippen LogP contribution in [-0.2, 0) is 7.05 Å². The molecule has 2 saturated heterocycles. The summed E-state index contributed by atoms with van der Waals surface area (Å²) in [6, 6.07) is 13.0. The van der Waals surface area contributed by atoms with E-state index in [0.29, 0.717) is 17.6 Å². The van der Waals surface area contributed by atoms with E-state index < -0.39 is 0 Å². The van der Waals surface area contributed by atoms with Crippen LogP contribution in [0.5, 0.6) is 0 Å². The third kappa shape index (κ3) is 2.88. The molecule has 1 N–H and O–H groups in total. The van der Waals surface area contributed by atoms with Gasteiger partial charge in [0.2, 0.25) is 0 Å². The van der Waals surface area contributed by atoms with E-state index in [1.54, 1.807) is 4.68 Å². The highest BCUT2D eigenvalue weighted by molar-refractivity contribution is 6.07. The zero-order valence-corrected chi connectivity index (χ0v) is 16.4. The molecule has 28 heavy (non-hydrogen) atoms. The summed E-state index contributed by atoms with van der Waals surface area (Å²) in [4.78, 5) is 20.5. The minimum Gasteiger partial charge on any atom is -0.337 e. The molecule has 2 fully saturated rings. The van der Waals surface area contributed by atoms with Gasteiger partial charge in [0.1, 0.15) is 0 Å². The van der Waals surface area contributed by atoms with Crippen molar-refractivity contribution in [2.45, 2.75) is 38.3 Å². The number of amides is 1. The fourth-order valence-electron chi connectivity index (χ4n) is 4.67. The SMILES string of the molecule is Cc1nn(C)c2nc(-c3ccccc3)cc(C(=O)N3CCC4CCC(C3)N4)c12. The Bertz CT molecular complexity index is 1040. The molecule has 0 aliphatic carbocycles. The van der Waals surface area contributed by atoms with Crippen molar-refractivity contribution in [2.24, 2.45) is 7.05 Å². The molecule has 4 heterocycles. The highest BCUT2D eigenvalue weighted by Gasteiger charge is 2.32. The maximum absolute atomic E-state index is 13.6. The molecule has 6 heteroatoms. The zero-order valence-electron chi connectivity index (χ0n) is 16.4.